The van der Waals surface area contributed by atoms with E-state index in [1.807, 2.05) is 0 Å². The molecule has 11 heteroatoms. The van der Waals surface area contributed by atoms with Crippen molar-refractivity contribution in [2.24, 2.45) is 16.7 Å². The van der Waals surface area contributed by atoms with E-state index in [9.17, 15) is 35.7 Å². The number of nitrogens with one attached hydrogen (secondary N) is 1. The fraction of sp³-hybridized carbons (Fsp3) is 1.00. The van der Waals surface area contributed by atoms with E-state index in [2.05, 4.69) is 19.2 Å². The van der Waals surface area contributed by atoms with Gasteiger partial charge in [0.2, 0.25) is 0 Å². The van der Waals surface area contributed by atoms with Crippen molar-refractivity contribution in [3.8, 4) is 0 Å². The van der Waals surface area contributed by atoms with Crippen LogP contribution in [0.5, 0.6) is 0 Å². The van der Waals surface area contributed by atoms with Gasteiger partial charge in [-0.1, -0.05) is 13.8 Å². The summed E-state index contributed by atoms with van der Waals surface area (Å²) in [6.45, 7) is 3.50. The zero-order valence-corrected chi connectivity index (χ0v) is 20.4. The highest BCUT2D eigenvalue weighted by Crippen LogP contribution is 2.66. The third kappa shape index (κ3) is 4.57. The standard InChI is InChI=1S/C24H41NO10/c1-22-3-11-4-23(2,8-22)10-24(5-11,9-22)25-20-17(31)16(30)19(13(7-27)33-20)35-21-18(32)15(29)14(28)12(6-26)34-21/h11-21,25-32H,3-10H2,1-2H3/t11?,12-,13-,14+,15+,16+,17+,18+,19-,20-,21+,22-,23+,24?/m1/s1. The molecule has 6 rings (SSSR count). The van der Waals surface area contributed by atoms with Crippen LogP contribution in [0.1, 0.15) is 52.4 Å². The predicted molar refractivity (Wildman–Crippen MR) is 120 cm³/mol. The normalized spacial score (nSPS) is 58.0. The van der Waals surface area contributed by atoms with Crippen LogP contribution in [0.2, 0.25) is 0 Å². The first-order valence-electron chi connectivity index (χ1n) is 12.8. The predicted octanol–water partition coefficient (Wildman–Crippen LogP) is -2.05. The van der Waals surface area contributed by atoms with Crippen molar-refractivity contribution in [1.29, 1.82) is 0 Å². The third-order valence-corrected chi connectivity index (χ3v) is 9.08. The van der Waals surface area contributed by atoms with E-state index in [0.29, 0.717) is 5.92 Å². The fourth-order valence-electron chi connectivity index (χ4n) is 8.62. The lowest BCUT2D eigenvalue weighted by Crippen LogP contribution is -2.71. The first-order chi connectivity index (χ1) is 16.4. The van der Waals surface area contributed by atoms with Crippen molar-refractivity contribution in [3.05, 3.63) is 0 Å². The number of ether oxygens (including phenoxy) is 3. The number of hydrogen-bond acceptors (Lipinski definition) is 11. The Morgan fingerprint density at radius 1 is 0.743 bits per heavy atom. The average Bonchev–Trinajstić information content (AvgIpc) is 2.76. The van der Waals surface area contributed by atoms with Crippen molar-refractivity contribution >= 4 is 0 Å². The lowest BCUT2D eigenvalue weighted by atomic mass is 9.42. The Labute approximate surface area is 205 Å². The molecular weight excluding hydrogens is 462 g/mol. The molecule has 2 unspecified atom stereocenters. The van der Waals surface area contributed by atoms with Gasteiger partial charge in [-0.3, -0.25) is 5.32 Å². The Morgan fingerprint density at radius 2 is 1.37 bits per heavy atom. The van der Waals surface area contributed by atoms with Crippen molar-refractivity contribution in [2.75, 3.05) is 13.2 Å². The van der Waals surface area contributed by atoms with Crippen LogP contribution in [0.25, 0.3) is 0 Å². The topological polar surface area (TPSA) is 181 Å². The molecule has 4 saturated carbocycles. The first-order valence-corrected chi connectivity index (χ1v) is 12.8. The highest BCUT2D eigenvalue weighted by molar-refractivity contribution is 5.15. The van der Waals surface area contributed by atoms with Crippen LogP contribution in [-0.2, 0) is 14.2 Å². The summed E-state index contributed by atoms with van der Waals surface area (Å²) < 4.78 is 17.1. The Hall–Kier alpha value is -0.440. The minimum absolute atomic E-state index is 0.223. The van der Waals surface area contributed by atoms with Crippen LogP contribution >= 0.6 is 0 Å². The fourth-order valence-corrected chi connectivity index (χ4v) is 8.62. The van der Waals surface area contributed by atoms with E-state index >= 15 is 0 Å². The highest BCUT2D eigenvalue weighted by atomic mass is 16.7. The molecule has 11 nitrogen and oxygen atoms in total. The SMILES string of the molecule is C[C@]12CC3CC(N[C@@H]4O[C@H](CO)[C@@H](O[C@@H]5O[C@H](CO)[C@H](O)[C@H](O)[C@@H]5O)[C@@H](O)[C@@H]4O)(C1)C[C@@](C)(C3)C2. The third-order valence-electron chi connectivity index (χ3n) is 9.08. The van der Waals surface area contributed by atoms with E-state index in [1.165, 1.54) is 19.3 Å². The van der Waals surface area contributed by atoms with Gasteiger partial charge in [0.05, 0.1) is 13.2 Å². The second-order valence-electron chi connectivity index (χ2n) is 12.6. The largest absolute Gasteiger partial charge is 0.394 e. The summed E-state index contributed by atoms with van der Waals surface area (Å²) in [5.74, 6) is 0.607. The van der Waals surface area contributed by atoms with E-state index in [4.69, 9.17) is 14.2 Å². The smallest absolute Gasteiger partial charge is 0.187 e. The summed E-state index contributed by atoms with van der Waals surface area (Å²) in [5.41, 5.74) is 0.230. The molecule has 0 amide bonds. The maximum atomic E-state index is 11.0. The molecule has 2 aliphatic heterocycles. The van der Waals surface area contributed by atoms with Crippen molar-refractivity contribution in [3.63, 3.8) is 0 Å². The van der Waals surface area contributed by atoms with Gasteiger partial charge in [-0.05, 0) is 55.3 Å². The Kier molecular flexibility index (Phi) is 6.80. The van der Waals surface area contributed by atoms with E-state index in [0.717, 1.165) is 19.3 Å². The van der Waals surface area contributed by atoms with Crippen LogP contribution in [0, 0.1) is 16.7 Å². The second kappa shape index (κ2) is 9.09. The van der Waals surface area contributed by atoms with Crippen molar-refractivity contribution in [2.45, 2.75) is 119 Å². The van der Waals surface area contributed by atoms with Crippen LogP contribution in [0.3, 0.4) is 0 Å². The minimum atomic E-state index is -1.68. The molecule has 202 valence electrons. The number of rotatable bonds is 6. The summed E-state index contributed by atoms with van der Waals surface area (Å²) in [5, 5.41) is 75.3. The van der Waals surface area contributed by atoms with Gasteiger partial charge >= 0.3 is 0 Å². The molecular formula is C24H41NO10. The average molecular weight is 504 g/mol. The molecule has 0 radical (unpaired) electrons. The Balaban J connectivity index is 1.30. The van der Waals surface area contributed by atoms with Gasteiger partial charge in [0.1, 0.15) is 55.1 Å². The van der Waals surface area contributed by atoms with Gasteiger partial charge in [0.25, 0.3) is 0 Å². The van der Waals surface area contributed by atoms with Crippen LogP contribution in [0.4, 0.5) is 0 Å². The molecule has 35 heavy (non-hydrogen) atoms. The van der Waals surface area contributed by atoms with Gasteiger partial charge in [0, 0.05) is 5.54 Å². The van der Waals surface area contributed by atoms with E-state index in [1.54, 1.807) is 0 Å². The van der Waals surface area contributed by atoms with Gasteiger partial charge in [-0.15, -0.1) is 0 Å². The molecule has 2 saturated heterocycles. The number of hydrogen-bond donors (Lipinski definition) is 8. The summed E-state index contributed by atoms with van der Waals surface area (Å²) in [6.07, 6.45) is -7.26. The zero-order chi connectivity index (χ0) is 25.3. The molecule has 4 aliphatic carbocycles. The lowest BCUT2D eigenvalue weighted by molar-refractivity contribution is -0.344. The van der Waals surface area contributed by atoms with E-state index < -0.39 is 74.6 Å². The van der Waals surface area contributed by atoms with Gasteiger partial charge in [-0.25, -0.2) is 0 Å². The summed E-state index contributed by atoms with van der Waals surface area (Å²) in [7, 11) is 0. The lowest BCUT2D eigenvalue weighted by Gasteiger charge is -2.66. The van der Waals surface area contributed by atoms with Gasteiger partial charge in [-0.2, -0.15) is 0 Å². The van der Waals surface area contributed by atoms with Crippen LogP contribution in [0.15, 0.2) is 0 Å². The molecule has 6 fully saturated rings. The Morgan fingerprint density at radius 3 is 1.94 bits per heavy atom. The number of aliphatic hydroxyl groups is 7. The number of aliphatic hydroxyl groups excluding tert-OH is 7. The molecule has 14 atom stereocenters. The maximum absolute atomic E-state index is 11.0. The summed E-state index contributed by atoms with van der Waals surface area (Å²) >= 11 is 0. The molecule has 0 aromatic carbocycles. The van der Waals surface area contributed by atoms with E-state index in [-0.39, 0.29) is 16.4 Å². The van der Waals surface area contributed by atoms with Crippen LogP contribution in [-0.4, -0.2) is 116 Å². The molecule has 8 N–H and O–H groups in total. The summed E-state index contributed by atoms with van der Waals surface area (Å²) in [4.78, 5) is 0. The molecule has 0 aromatic rings. The molecule has 6 aliphatic rings. The van der Waals surface area contributed by atoms with Crippen molar-refractivity contribution < 1.29 is 50.0 Å². The van der Waals surface area contributed by atoms with Gasteiger partial charge < -0.3 is 50.0 Å². The first kappa shape index (κ1) is 26.2. The molecule has 0 aromatic heterocycles. The Bertz CT molecular complexity index is 763. The van der Waals surface area contributed by atoms with Crippen LogP contribution < -0.4 is 5.32 Å². The second-order valence-corrected chi connectivity index (χ2v) is 12.6. The quantitative estimate of drug-likeness (QED) is 0.200. The summed E-state index contributed by atoms with van der Waals surface area (Å²) in [6, 6.07) is 0. The maximum Gasteiger partial charge on any atom is 0.187 e. The molecule has 0 spiro atoms. The highest BCUT2D eigenvalue weighted by Gasteiger charge is 2.61. The zero-order valence-electron chi connectivity index (χ0n) is 20.4. The molecule has 4 bridgehead atoms. The van der Waals surface area contributed by atoms with Gasteiger partial charge in [0.15, 0.2) is 6.29 Å². The minimum Gasteiger partial charge on any atom is -0.394 e. The van der Waals surface area contributed by atoms with Crippen molar-refractivity contribution in [1.82, 2.24) is 5.32 Å². The molecule has 2 heterocycles. The monoisotopic (exact) mass is 503 g/mol.